The van der Waals surface area contributed by atoms with Crippen LogP contribution in [0.5, 0.6) is 0 Å². The van der Waals surface area contributed by atoms with Crippen LogP contribution in [0.2, 0.25) is 0 Å². The topological polar surface area (TPSA) is 0 Å². The van der Waals surface area contributed by atoms with Crippen LogP contribution in [0, 0.1) is 0 Å². The van der Waals surface area contributed by atoms with Gasteiger partial charge in [0.1, 0.15) is 0 Å². The van der Waals surface area contributed by atoms with Crippen LogP contribution in [-0.2, 0) is 10.8 Å². The second kappa shape index (κ2) is 19.0. The van der Waals surface area contributed by atoms with Gasteiger partial charge in [0.25, 0.3) is 0 Å². The van der Waals surface area contributed by atoms with E-state index >= 15 is 0 Å². The second-order valence-electron chi connectivity index (χ2n) is 22.8. The first-order chi connectivity index (χ1) is 41.7. The van der Waals surface area contributed by atoms with Gasteiger partial charge in [-0.25, -0.2) is 0 Å². The van der Waals surface area contributed by atoms with Crippen molar-refractivity contribution in [1.82, 2.24) is 0 Å². The fourth-order valence-electron chi connectivity index (χ4n) is 15.5. The quantitative estimate of drug-likeness (QED) is 0.133. The molecule has 0 saturated heterocycles. The first kappa shape index (κ1) is 48.1. The number of rotatable bonds is 8. The third-order valence-electron chi connectivity index (χ3n) is 18.8. The summed E-state index contributed by atoms with van der Waals surface area (Å²) in [6.45, 7) is 0. The molecular formula is C84H54. The van der Waals surface area contributed by atoms with Crippen LogP contribution in [0.3, 0.4) is 0 Å². The Balaban J connectivity index is 0.883. The fraction of sp³-hybridized carbons (Fsp3) is 0.0238. The maximum atomic E-state index is 2.58. The van der Waals surface area contributed by atoms with Crippen LogP contribution in [0.25, 0.3) is 110 Å². The molecule has 2 aliphatic rings. The summed E-state index contributed by atoms with van der Waals surface area (Å²) in [5.74, 6) is 0. The predicted molar refractivity (Wildman–Crippen MR) is 353 cm³/mol. The molecule has 0 nitrogen and oxygen atoms in total. The first-order valence-corrected chi connectivity index (χ1v) is 29.4. The highest BCUT2D eigenvalue weighted by Crippen LogP contribution is 2.60. The van der Waals surface area contributed by atoms with Crippen molar-refractivity contribution in [3.8, 4) is 66.8 Å². The van der Waals surface area contributed by atoms with Crippen molar-refractivity contribution >= 4 is 43.1 Å². The molecule has 0 atom stereocenters. The molecule has 0 aliphatic heterocycles. The summed E-state index contributed by atoms with van der Waals surface area (Å²) in [6, 6.07) is 123. The summed E-state index contributed by atoms with van der Waals surface area (Å²) in [5, 5.41) is 10.0. The molecule has 84 heavy (non-hydrogen) atoms. The standard InChI is InChI=1S/C84H54/c1-3-24-55(25-4-1)79-67-34-7-11-38-71(67)81(72-39-12-8-35-68(72)79)57-46-50-59(51-47-57)83(75-42-19-15-30-63(75)64-31-16-20-43-76(64)83)61-28-23-29-62(54-61)84(77-44-21-17-32-65(77)66-33-18-22-45-78(66)84)60-52-48-58(49-53-60)82-73-40-13-9-36-69(73)80(56-26-5-2-6-27-56)70-37-10-14-41-74(70)82/h1-54H. The molecule has 0 unspecified atom stereocenters. The monoisotopic (exact) mass is 1060 g/mol. The number of hydrogen-bond donors (Lipinski definition) is 0. The van der Waals surface area contributed by atoms with E-state index in [1.807, 2.05) is 0 Å². The van der Waals surface area contributed by atoms with Crippen molar-refractivity contribution < 1.29 is 0 Å². The normalized spacial score (nSPS) is 13.4. The Morgan fingerprint density at radius 1 is 0.155 bits per heavy atom. The molecule has 0 saturated carbocycles. The average Bonchev–Trinajstić information content (AvgIpc) is 1.83. The van der Waals surface area contributed by atoms with Gasteiger partial charge in [-0.3, -0.25) is 0 Å². The lowest BCUT2D eigenvalue weighted by molar-refractivity contribution is 0.740. The van der Waals surface area contributed by atoms with Crippen molar-refractivity contribution in [3.05, 3.63) is 372 Å². The van der Waals surface area contributed by atoms with E-state index in [1.54, 1.807) is 0 Å². The Morgan fingerprint density at radius 3 is 0.655 bits per heavy atom. The van der Waals surface area contributed by atoms with E-state index in [1.165, 1.54) is 154 Å². The molecule has 0 N–H and O–H groups in total. The molecule has 0 radical (unpaired) electrons. The van der Waals surface area contributed by atoms with Gasteiger partial charge in [-0.1, -0.05) is 328 Å². The van der Waals surface area contributed by atoms with Crippen LogP contribution in [-0.4, -0.2) is 0 Å². The van der Waals surface area contributed by atoms with Crippen LogP contribution >= 0.6 is 0 Å². The number of hydrogen-bond acceptors (Lipinski definition) is 0. The van der Waals surface area contributed by atoms with Gasteiger partial charge < -0.3 is 0 Å². The summed E-state index contributed by atoms with van der Waals surface area (Å²) in [6.07, 6.45) is 0. The molecule has 390 valence electrons. The highest BCUT2D eigenvalue weighted by atomic mass is 14.5. The van der Waals surface area contributed by atoms with Gasteiger partial charge in [0, 0.05) is 0 Å². The Bertz CT molecular complexity index is 4580. The Morgan fingerprint density at radius 2 is 0.381 bits per heavy atom. The largest absolute Gasteiger partial charge is 0.0713 e. The van der Waals surface area contributed by atoms with Crippen LogP contribution < -0.4 is 0 Å². The molecule has 0 heterocycles. The van der Waals surface area contributed by atoms with Gasteiger partial charge in [0.05, 0.1) is 10.8 Å². The van der Waals surface area contributed by atoms with E-state index in [9.17, 15) is 0 Å². The first-order valence-electron chi connectivity index (χ1n) is 29.4. The third-order valence-corrected chi connectivity index (χ3v) is 18.8. The molecule has 0 amide bonds. The highest BCUT2D eigenvalue weighted by Gasteiger charge is 2.49. The molecule has 0 spiro atoms. The molecule has 15 aromatic rings. The molecule has 17 rings (SSSR count). The lowest BCUT2D eigenvalue weighted by Gasteiger charge is -2.37. The lowest BCUT2D eigenvalue weighted by Crippen LogP contribution is -2.32. The van der Waals surface area contributed by atoms with Crippen LogP contribution in [0.1, 0.15) is 44.5 Å². The van der Waals surface area contributed by atoms with Crippen molar-refractivity contribution in [2.45, 2.75) is 10.8 Å². The van der Waals surface area contributed by atoms with Crippen LogP contribution in [0.4, 0.5) is 0 Å². The van der Waals surface area contributed by atoms with Gasteiger partial charge >= 0.3 is 0 Å². The van der Waals surface area contributed by atoms with E-state index in [0.29, 0.717) is 0 Å². The maximum Gasteiger partial charge on any atom is 0.0713 e. The van der Waals surface area contributed by atoms with E-state index < -0.39 is 10.8 Å². The van der Waals surface area contributed by atoms with E-state index in [0.717, 1.165) is 0 Å². The van der Waals surface area contributed by atoms with Crippen LogP contribution in [0.15, 0.2) is 328 Å². The zero-order valence-corrected chi connectivity index (χ0v) is 46.2. The zero-order valence-electron chi connectivity index (χ0n) is 46.2. The van der Waals surface area contributed by atoms with Crippen molar-refractivity contribution in [1.29, 1.82) is 0 Å². The Kier molecular flexibility index (Phi) is 10.9. The Labute approximate surface area is 489 Å². The maximum absolute atomic E-state index is 2.58. The second-order valence-corrected chi connectivity index (χ2v) is 22.8. The average molecular weight is 1060 g/mol. The summed E-state index contributed by atoms with van der Waals surface area (Å²) in [4.78, 5) is 0. The van der Waals surface area contributed by atoms with E-state index in [-0.39, 0.29) is 0 Å². The van der Waals surface area contributed by atoms with E-state index in [2.05, 4.69) is 328 Å². The highest BCUT2D eigenvalue weighted by molar-refractivity contribution is 6.23. The summed E-state index contributed by atoms with van der Waals surface area (Å²) in [7, 11) is 0. The smallest absolute Gasteiger partial charge is 0.0622 e. The van der Waals surface area contributed by atoms with Gasteiger partial charge in [0.2, 0.25) is 0 Å². The third kappa shape index (κ3) is 6.83. The molecule has 0 fully saturated rings. The van der Waals surface area contributed by atoms with Gasteiger partial charge in [-0.2, -0.15) is 0 Å². The molecule has 15 aromatic carbocycles. The summed E-state index contributed by atoms with van der Waals surface area (Å²) >= 11 is 0. The van der Waals surface area contributed by atoms with E-state index in [4.69, 9.17) is 0 Å². The SMILES string of the molecule is c1ccc(-c2c3ccccc3c(-c3ccc(C4(c5cccc(C6(c7ccc(-c8c9ccccc9c(-c9ccccc9)c9ccccc89)cc7)c7ccccc7-c7ccccc76)c5)c5ccccc5-c5ccccc54)cc3)c3ccccc23)cc1. The van der Waals surface area contributed by atoms with Crippen molar-refractivity contribution in [2.75, 3.05) is 0 Å². The molecule has 0 aromatic heterocycles. The molecular weight excluding hydrogens is 1010 g/mol. The predicted octanol–water partition coefficient (Wildman–Crippen LogP) is 21.7. The molecule has 2 aliphatic carbocycles. The zero-order chi connectivity index (χ0) is 55.3. The summed E-state index contributed by atoms with van der Waals surface area (Å²) in [5.41, 5.74) is 23.8. The van der Waals surface area contributed by atoms with Crippen molar-refractivity contribution in [3.63, 3.8) is 0 Å². The van der Waals surface area contributed by atoms with Crippen molar-refractivity contribution in [2.24, 2.45) is 0 Å². The fourth-order valence-corrected chi connectivity index (χ4v) is 15.5. The lowest BCUT2D eigenvalue weighted by atomic mass is 9.64. The Hall–Kier alpha value is -10.7. The minimum absolute atomic E-state index is 0.653. The molecule has 0 bridgehead atoms. The number of fused-ring (bicyclic) bond motifs is 10. The summed E-state index contributed by atoms with van der Waals surface area (Å²) < 4.78 is 0. The number of benzene rings is 15. The minimum Gasteiger partial charge on any atom is -0.0622 e. The van der Waals surface area contributed by atoms with Gasteiger partial charge in [0.15, 0.2) is 0 Å². The van der Waals surface area contributed by atoms with Gasteiger partial charge in [-0.05, 0) is 154 Å². The molecule has 0 heteroatoms. The van der Waals surface area contributed by atoms with Gasteiger partial charge in [-0.15, -0.1) is 0 Å². The minimum atomic E-state index is -0.653.